The van der Waals surface area contributed by atoms with Crippen LogP contribution in [0.4, 0.5) is 5.69 Å². The van der Waals surface area contributed by atoms with E-state index in [9.17, 15) is 9.59 Å². The van der Waals surface area contributed by atoms with Crippen LogP contribution in [0.5, 0.6) is 0 Å². The lowest BCUT2D eigenvalue weighted by Crippen LogP contribution is -2.18. The number of esters is 1. The number of methoxy groups -OCH3 is 1. The molecule has 0 aromatic heterocycles. The van der Waals surface area contributed by atoms with Gasteiger partial charge in [0.2, 0.25) is 0 Å². The average molecular weight is 311 g/mol. The third kappa shape index (κ3) is 3.97. The Balaban J connectivity index is 2.22. The van der Waals surface area contributed by atoms with Crippen LogP contribution < -0.4 is 5.32 Å². The molecule has 120 valence electrons. The lowest BCUT2D eigenvalue weighted by atomic mass is 9.86. The Morgan fingerprint density at radius 3 is 2.04 bits per heavy atom. The van der Waals surface area contributed by atoms with Gasteiger partial charge in [0, 0.05) is 11.3 Å². The van der Waals surface area contributed by atoms with E-state index >= 15 is 0 Å². The third-order valence-electron chi connectivity index (χ3n) is 3.55. The van der Waals surface area contributed by atoms with Gasteiger partial charge in [0.1, 0.15) is 0 Å². The SMILES string of the molecule is COC(=O)c1ccc(C(=O)Nc2ccccc2C(C)(C)C)cc1. The van der Waals surface area contributed by atoms with Crippen LogP contribution in [-0.2, 0) is 10.2 Å². The number of ether oxygens (including phenoxy) is 1. The summed E-state index contributed by atoms with van der Waals surface area (Å²) in [5, 5.41) is 2.94. The molecule has 0 saturated heterocycles. The van der Waals surface area contributed by atoms with Crippen LogP contribution in [0.15, 0.2) is 48.5 Å². The van der Waals surface area contributed by atoms with Crippen molar-refractivity contribution in [1.82, 2.24) is 0 Å². The first-order chi connectivity index (χ1) is 10.8. The van der Waals surface area contributed by atoms with E-state index in [2.05, 4.69) is 30.8 Å². The molecule has 23 heavy (non-hydrogen) atoms. The number of carbonyl (C=O) groups is 2. The van der Waals surface area contributed by atoms with Gasteiger partial charge in [-0.05, 0) is 41.3 Å². The van der Waals surface area contributed by atoms with E-state index in [0.29, 0.717) is 11.1 Å². The lowest BCUT2D eigenvalue weighted by Gasteiger charge is -2.23. The molecule has 1 amide bonds. The molecular formula is C19H21NO3. The van der Waals surface area contributed by atoms with Gasteiger partial charge in [0.05, 0.1) is 12.7 Å². The predicted octanol–water partition coefficient (Wildman–Crippen LogP) is 4.02. The molecule has 0 spiro atoms. The summed E-state index contributed by atoms with van der Waals surface area (Å²) in [6, 6.07) is 14.1. The first kappa shape index (κ1) is 16.7. The molecule has 4 heteroatoms. The van der Waals surface area contributed by atoms with Crippen molar-refractivity contribution in [2.75, 3.05) is 12.4 Å². The Kier molecular flexibility index (Phi) is 4.84. The largest absolute Gasteiger partial charge is 0.465 e. The highest BCUT2D eigenvalue weighted by atomic mass is 16.5. The molecule has 0 radical (unpaired) electrons. The summed E-state index contributed by atoms with van der Waals surface area (Å²) in [4.78, 5) is 23.8. The number of benzene rings is 2. The van der Waals surface area contributed by atoms with Crippen molar-refractivity contribution < 1.29 is 14.3 Å². The maximum absolute atomic E-state index is 12.4. The number of amides is 1. The minimum absolute atomic E-state index is 0.0708. The number of para-hydroxylation sites is 1. The van der Waals surface area contributed by atoms with Crippen LogP contribution in [0.25, 0.3) is 0 Å². The van der Waals surface area contributed by atoms with Crippen LogP contribution in [0.3, 0.4) is 0 Å². The van der Waals surface area contributed by atoms with E-state index in [-0.39, 0.29) is 11.3 Å². The van der Waals surface area contributed by atoms with Crippen molar-refractivity contribution in [2.24, 2.45) is 0 Å². The zero-order valence-corrected chi connectivity index (χ0v) is 13.8. The number of anilines is 1. The van der Waals surface area contributed by atoms with Gasteiger partial charge in [-0.15, -0.1) is 0 Å². The van der Waals surface area contributed by atoms with Gasteiger partial charge in [0.15, 0.2) is 0 Å². The third-order valence-corrected chi connectivity index (χ3v) is 3.55. The number of nitrogens with one attached hydrogen (secondary N) is 1. The standard InChI is InChI=1S/C19H21NO3/c1-19(2,3)15-7-5-6-8-16(15)20-17(21)13-9-11-14(12-10-13)18(22)23-4/h5-12H,1-4H3,(H,20,21). The molecule has 2 aromatic rings. The molecule has 2 rings (SSSR count). The highest BCUT2D eigenvalue weighted by Crippen LogP contribution is 2.29. The zero-order chi connectivity index (χ0) is 17.0. The second kappa shape index (κ2) is 6.65. The van der Waals surface area contributed by atoms with Crippen LogP contribution in [0.1, 0.15) is 47.1 Å². The summed E-state index contributed by atoms with van der Waals surface area (Å²) in [5.74, 6) is -0.631. The molecule has 0 saturated carbocycles. The lowest BCUT2D eigenvalue weighted by molar-refractivity contribution is 0.0600. The first-order valence-electron chi connectivity index (χ1n) is 7.42. The second-order valence-electron chi connectivity index (χ2n) is 6.32. The summed E-state index contributed by atoms with van der Waals surface area (Å²) in [5.41, 5.74) is 2.69. The highest BCUT2D eigenvalue weighted by molar-refractivity contribution is 6.05. The summed E-state index contributed by atoms with van der Waals surface area (Å²) >= 11 is 0. The maximum Gasteiger partial charge on any atom is 0.337 e. The molecule has 1 N–H and O–H groups in total. The minimum atomic E-state index is -0.421. The molecule has 0 unspecified atom stereocenters. The van der Waals surface area contributed by atoms with Crippen LogP contribution in [-0.4, -0.2) is 19.0 Å². The van der Waals surface area contributed by atoms with E-state index < -0.39 is 5.97 Å². The van der Waals surface area contributed by atoms with Crippen molar-refractivity contribution in [1.29, 1.82) is 0 Å². The van der Waals surface area contributed by atoms with Crippen molar-refractivity contribution in [3.63, 3.8) is 0 Å². The maximum atomic E-state index is 12.4. The van der Waals surface area contributed by atoms with Gasteiger partial charge >= 0.3 is 5.97 Å². The van der Waals surface area contributed by atoms with Gasteiger partial charge in [-0.3, -0.25) is 4.79 Å². The van der Waals surface area contributed by atoms with Crippen molar-refractivity contribution in [2.45, 2.75) is 26.2 Å². The topological polar surface area (TPSA) is 55.4 Å². The molecule has 0 bridgehead atoms. The monoisotopic (exact) mass is 311 g/mol. The van der Waals surface area contributed by atoms with Gasteiger partial charge in [-0.1, -0.05) is 39.0 Å². The van der Waals surface area contributed by atoms with E-state index in [4.69, 9.17) is 0 Å². The smallest absolute Gasteiger partial charge is 0.337 e. The molecule has 0 aliphatic heterocycles. The van der Waals surface area contributed by atoms with Crippen molar-refractivity contribution >= 4 is 17.6 Å². The average Bonchev–Trinajstić information content (AvgIpc) is 2.53. The Morgan fingerprint density at radius 1 is 0.913 bits per heavy atom. The summed E-state index contributed by atoms with van der Waals surface area (Å²) in [6.07, 6.45) is 0. The molecule has 0 heterocycles. The first-order valence-corrected chi connectivity index (χ1v) is 7.42. The number of hydrogen-bond donors (Lipinski definition) is 1. The molecule has 0 aliphatic rings. The van der Waals surface area contributed by atoms with Gasteiger partial charge < -0.3 is 10.1 Å². The van der Waals surface area contributed by atoms with Crippen LogP contribution in [0.2, 0.25) is 0 Å². The van der Waals surface area contributed by atoms with Gasteiger partial charge in [0.25, 0.3) is 5.91 Å². The summed E-state index contributed by atoms with van der Waals surface area (Å²) in [7, 11) is 1.33. The summed E-state index contributed by atoms with van der Waals surface area (Å²) in [6.45, 7) is 6.30. The fraction of sp³-hybridized carbons (Fsp3) is 0.263. The quantitative estimate of drug-likeness (QED) is 0.871. The van der Waals surface area contributed by atoms with Crippen molar-refractivity contribution in [3.05, 3.63) is 65.2 Å². The van der Waals surface area contributed by atoms with Gasteiger partial charge in [-0.25, -0.2) is 4.79 Å². The minimum Gasteiger partial charge on any atom is -0.465 e. The normalized spacial score (nSPS) is 11.0. The Hall–Kier alpha value is -2.62. The number of carbonyl (C=O) groups excluding carboxylic acids is 2. The number of hydrogen-bond acceptors (Lipinski definition) is 3. The highest BCUT2D eigenvalue weighted by Gasteiger charge is 2.19. The fourth-order valence-electron chi connectivity index (χ4n) is 2.32. The Labute approximate surface area is 136 Å². The van der Waals surface area contributed by atoms with Gasteiger partial charge in [-0.2, -0.15) is 0 Å². The zero-order valence-electron chi connectivity index (χ0n) is 13.8. The van der Waals surface area contributed by atoms with Crippen LogP contribution >= 0.6 is 0 Å². The van der Waals surface area contributed by atoms with E-state index in [1.54, 1.807) is 24.3 Å². The van der Waals surface area contributed by atoms with E-state index in [0.717, 1.165) is 11.3 Å². The second-order valence-corrected chi connectivity index (χ2v) is 6.32. The molecule has 0 fully saturated rings. The summed E-state index contributed by atoms with van der Waals surface area (Å²) < 4.78 is 4.65. The molecule has 0 atom stereocenters. The molecular weight excluding hydrogens is 290 g/mol. The molecule has 2 aromatic carbocycles. The van der Waals surface area contributed by atoms with Crippen molar-refractivity contribution in [3.8, 4) is 0 Å². The number of rotatable bonds is 3. The van der Waals surface area contributed by atoms with Crippen LogP contribution in [0, 0.1) is 0 Å². The predicted molar refractivity (Wildman–Crippen MR) is 90.9 cm³/mol. The van der Waals surface area contributed by atoms with E-state index in [1.807, 2.05) is 24.3 Å². The fourth-order valence-corrected chi connectivity index (χ4v) is 2.32. The Bertz CT molecular complexity index is 712. The molecule has 4 nitrogen and oxygen atoms in total. The Morgan fingerprint density at radius 2 is 1.48 bits per heavy atom. The molecule has 0 aliphatic carbocycles. The van der Waals surface area contributed by atoms with E-state index in [1.165, 1.54) is 7.11 Å².